The number of ether oxygens (including phenoxy) is 2. The van der Waals surface area contributed by atoms with Gasteiger partial charge in [-0.25, -0.2) is 0 Å². The van der Waals surface area contributed by atoms with Crippen LogP contribution >= 0.6 is 0 Å². The van der Waals surface area contributed by atoms with E-state index in [0.29, 0.717) is 24.6 Å². The number of benzene rings is 1. The van der Waals surface area contributed by atoms with Crippen LogP contribution in [0.1, 0.15) is 24.0 Å². The first kappa shape index (κ1) is 15.6. The van der Waals surface area contributed by atoms with Crippen LogP contribution in [0.25, 0.3) is 0 Å². The molecule has 1 heterocycles. The summed E-state index contributed by atoms with van der Waals surface area (Å²) in [5, 5.41) is 2.73. The van der Waals surface area contributed by atoms with Crippen LogP contribution in [0.15, 0.2) is 12.1 Å². The fraction of sp³-hybridized carbons (Fsp3) is 0.529. The molecule has 2 aliphatic rings. The number of methoxy groups -OCH3 is 2. The second kappa shape index (κ2) is 6.48. The molecule has 1 N–H and O–H groups in total. The quantitative estimate of drug-likeness (QED) is 0.883. The van der Waals surface area contributed by atoms with Gasteiger partial charge in [-0.15, -0.1) is 0 Å². The summed E-state index contributed by atoms with van der Waals surface area (Å²) in [5.41, 5.74) is 2.24. The van der Waals surface area contributed by atoms with Gasteiger partial charge in [0.05, 0.1) is 20.8 Å². The van der Waals surface area contributed by atoms with Gasteiger partial charge in [-0.2, -0.15) is 0 Å². The van der Waals surface area contributed by atoms with Crippen LogP contribution in [0.5, 0.6) is 11.5 Å². The van der Waals surface area contributed by atoms with Crippen LogP contribution in [-0.4, -0.2) is 44.0 Å². The molecule has 0 radical (unpaired) electrons. The van der Waals surface area contributed by atoms with Gasteiger partial charge in [-0.05, 0) is 42.5 Å². The maximum atomic E-state index is 12.3. The zero-order valence-corrected chi connectivity index (χ0v) is 13.6. The molecule has 0 bridgehead atoms. The van der Waals surface area contributed by atoms with E-state index in [1.807, 2.05) is 12.1 Å². The Kier molecular flexibility index (Phi) is 4.41. The molecule has 6 nitrogen and oxygen atoms in total. The van der Waals surface area contributed by atoms with E-state index in [2.05, 4.69) is 5.32 Å². The molecule has 0 saturated heterocycles. The third kappa shape index (κ3) is 3.41. The molecule has 1 aliphatic heterocycles. The van der Waals surface area contributed by atoms with Gasteiger partial charge in [0, 0.05) is 19.0 Å². The van der Waals surface area contributed by atoms with Gasteiger partial charge in [0.2, 0.25) is 11.8 Å². The summed E-state index contributed by atoms with van der Waals surface area (Å²) in [6.07, 6.45) is 2.66. The highest BCUT2D eigenvalue weighted by atomic mass is 16.5. The van der Waals surface area contributed by atoms with Crippen molar-refractivity contribution in [3.05, 3.63) is 23.3 Å². The molecule has 3 rings (SSSR count). The highest BCUT2D eigenvalue weighted by Crippen LogP contribution is 2.33. The number of amides is 2. The molecule has 0 atom stereocenters. The second-order valence-corrected chi connectivity index (χ2v) is 6.03. The largest absolute Gasteiger partial charge is 0.493 e. The van der Waals surface area contributed by atoms with Crippen molar-refractivity contribution in [2.24, 2.45) is 5.92 Å². The van der Waals surface area contributed by atoms with Gasteiger partial charge in [-0.1, -0.05) is 0 Å². The van der Waals surface area contributed by atoms with Crippen molar-refractivity contribution in [1.29, 1.82) is 0 Å². The van der Waals surface area contributed by atoms with Crippen molar-refractivity contribution in [3.8, 4) is 11.5 Å². The monoisotopic (exact) mass is 318 g/mol. The average Bonchev–Trinajstić information content (AvgIpc) is 3.42. The molecule has 0 unspecified atom stereocenters. The Balaban J connectivity index is 1.64. The lowest BCUT2D eigenvalue weighted by molar-refractivity contribution is -0.133. The lowest BCUT2D eigenvalue weighted by atomic mass is 9.98. The molecule has 0 spiro atoms. The number of rotatable bonds is 5. The first-order valence-corrected chi connectivity index (χ1v) is 7.91. The predicted octanol–water partition coefficient (Wildman–Crippen LogP) is 1.11. The van der Waals surface area contributed by atoms with Gasteiger partial charge in [0.15, 0.2) is 11.5 Å². The molecule has 1 aromatic carbocycles. The third-order valence-corrected chi connectivity index (χ3v) is 4.43. The summed E-state index contributed by atoms with van der Waals surface area (Å²) >= 11 is 0. The summed E-state index contributed by atoms with van der Waals surface area (Å²) in [5.74, 6) is 1.47. The summed E-state index contributed by atoms with van der Waals surface area (Å²) in [6.45, 7) is 1.27. The number of hydrogen-bond donors (Lipinski definition) is 1. The SMILES string of the molecule is COc1cc2c(cc1OC)CN(C(=O)CNC(=O)C1CC1)CC2. The topological polar surface area (TPSA) is 67.9 Å². The standard InChI is InChI=1S/C17H22N2O4/c1-22-14-7-12-5-6-19(10-13(12)8-15(14)23-2)16(20)9-18-17(21)11-3-4-11/h7-8,11H,3-6,9-10H2,1-2H3,(H,18,21). The van der Waals surface area contributed by atoms with E-state index >= 15 is 0 Å². The third-order valence-electron chi connectivity index (χ3n) is 4.43. The Morgan fingerprint density at radius 1 is 1.17 bits per heavy atom. The lowest BCUT2D eigenvalue weighted by Gasteiger charge is -2.29. The van der Waals surface area contributed by atoms with Crippen LogP contribution in [0, 0.1) is 5.92 Å². The van der Waals surface area contributed by atoms with Gasteiger partial charge < -0.3 is 19.7 Å². The molecule has 1 aromatic rings. The first-order chi connectivity index (χ1) is 11.1. The number of nitrogens with zero attached hydrogens (tertiary/aromatic N) is 1. The van der Waals surface area contributed by atoms with Gasteiger partial charge >= 0.3 is 0 Å². The van der Waals surface area contributed by atoms with Crippen molar-refractivity contribution in [1.82, 2.24) is 10.2 Å². The van der Waals surface area contributed by atoms with Crippen molar-refractivity contribution in [2.45, 2.75) is 25.8 Å². The number of carbonyl (C=O) groups excluding carboxylic acids is 2. The van der Waals surface area contributed by atoms with E-state index in [4.69, 9.17) is 9.47 Å². The van der Waals surface area contributed by atoms with E-state index < -0.39 is 0 Å². The van der Waals surface area contributed by atoms with Crippen molar-refractivity contribution < 1.29 is 19.1 Å². The maximum absolute atomic E-state index is 12.3. The smallest absolute Gasteiger partial charge is 0.242 e. The van der Waals surface area contributed by atoms with E-state index in [1.54, 1.807) is 19.1 Å². The van der Waals surface area contributed by atoms with E-state index in [-0.39, 0.29) is 24.3 Å². The number of nitrogens with one attached hydrogen (secondary N) is 1. The van der Waals surface area contributed by atoms with Gasteiger partial charge in [-0.3, -0.25) is 9.59 Å². The molecule has 1 saturated carbocycles. The highest BCUT2D eigenvalue weighted by Gasteiger charge is 2.30. The number of fused-ring (bicyclic) bond motifs is 1. The summed E-state index contributed by atoms with van der Waals surface area (Å²) in [4.78, 5) is 25.7. The predicted molar refractivity (Wildman–Crippen MR) is 84.4 cm³/mol. The van der Waals surface area contributed by atoms with Crippen LogP contribution in [0.4, 0.5) is 0 Å². The summed E-state index contributed by atoms with van der Waals surface area (Å²) in [6, 6.07) is 3.90. The Morgan fingerprint density at radius 3 is 2.43 bits per heavy atom. The normalized spacial score (nSPS) is 16.5. The molecule has 0 aromatic heterocycles. The first-order valence-electron chi connectivity index (χ1n) is 7.91. The molecular weight excluding hydrogens is 296 g/mol. The van der Waals surface area contributed by atoms with Crippen LogP contribution in [-0.2, 0) is 22.6 Å². The second-order valence-electron chi connectivity index (χ2n) is 6.03. The zero-order chi connectivity index (χ0) is 16.4. The minimum Gasteiger partial charge on any atom is -0.493 e. The minimum absolute atomic E-state index is 0.00200. The fourth-order valence-electron chi connectivity index (χ4n) is 2.86. The molecular formula is C17H22N2O4. The maximum Gasteiger partial charge on any atom is 0.242 e. The molecule has 2 amide bonds. The van der Waals surface area contributed by atoms with Crippen molar-refractivity contribution >= 4 is 11.8 Å². The highest BCUT2D eigenvalue weighted by molar-refractivity contribution is 5.87. The minimum atomic E-state index is -0.0422. The van der Waals surface area contributed by atoms with Crippen molar-refractivity contribution in [3.63, 3.8) is 0 Å². The molecule has 1 fully saturated rings. The lowest BCUT2D eigenvalue weighted by Crippen LogP contribution is -2.42. The van der Waals surface area contributed by atoms with Crippen molar-refractivity contribution in [2.75, 3.05) is 27.3 Å². The average molecular weight is 318 g/mol. The number of hydrogen-bond acceptors (Lipinski definition) is 4. The Labute approximate surface area is 135 Å². The molecule has 1 aliphatic carbocycles. The molecule has 23 heavy (non-hydrogen) atoms. The van der Waals surface area contributed by atoms with Crippen LogP contribution < -0.4 is 14.8 Å². The number of carbonyl (C=O) groups is 2. The molecule has 124 valence electrons. The van der Waals surface area contributed by atoms with Gasteiger partial charge in [0.1, 0.15) is 0 Å². The molecule has 6 heteroatoms. The fourth-order valence-corrected chi connectivity index (χ4v) is 2.86. The van der Waals surface area contributed by atoms with E-state index in [9.17, 15) is 9.59 Å². The summed E-state index contributed by atoms with van der Waals surface area (Å²) < 4.78 is 10.6. The Hall–Kier alpha value is -2.24. The Morgan fingerprint density at radius 2 is 1.83 bits per heavy atom. The van der Waals surface area contributed by atoms with Gasteiger partial charge in [0.25, 0.3) is 0 Å². The zero-order valence-electron chi connectivity index (χ0n) is 13.6. The Bertz CT molecular complexity index is 625. The van der Waals surface area contributed by atoms with E-state index in [1.165, 1.54) is 5.56 Å². The van der Waals surface area contributed by atoms with Crippen LogP contribution in [0.3, 0.4) is 0 Å². The van der Waals surface area contributed by atoms with E-state index in [0.717, 1.165) is 24.8 Å². The van der Waals surface area contributed by atoms with Crippen LogP contribution in [0.2, 0.25) is 0 Å². The summed E-state index contributed by atoms with van der Waals surface area (Å²) in [7, 11) is 3.22.